The van der Waals surface area contributed by atoms with E-state index in [0.717, 1.165) is 24.2 Å². The highest BCUT2D eigenvalue weighted by Crippen LogP contribution is 2.34. The highest BCUT2D eigenvalue weighted by atomic mass is 16.4. The number of carbonyl (C=O) groups excluding carboxylic acids is 1. The van der Waals surface area contributed by atoms with Gasteiger partial charge in [0.2, 0.25) is 5.89 Å². The summed E-state index contributed by atoms with van der Waals surface area (Å²) in [6.07, 6.45) is 4.48. The quantitative estimate of drug-likeness (QED) is 0.765. The Kier molecular flexibility index (Phi) is 4.62. The van der Waals surface area contributed by atoms with Gasteiger partial charge in [-0.3, -0.25) is 0 Å². The predicted octanol–water partition coefficient (Wildman–Crippen LogP) is 2.93. The van der Waals surface area contributed by atoms with Crippen molar-refractivity contribution in [3.63, 3.8) is 0 Å². The molecule has 1 aliphatic carbocycles. The van der Waals surface area contributed by atoms with Crippen molar-refractivity contribution in [3.8, 4) is 11.5 Å². The van der Waals surface area contributed by atoms with E-state index in [1.807, 2.05) is 31.2 Å². The third kappa shape index (κ3) is 4.10. The van der Waals surface area contributed by atoms with Gasteiger partial charge in [0.1, 0.15) is 5.76 Å². The molecule has 3 rings (SSSR count). The Morgan fingerprint density at radius 2 is 2.30 bits per heavy atom. The van der Waals surface area contributed by atoms with E-state index in [9.17, 15) is 4.79 Å². The molecule has 1 fully saturated rings. The number of urea groups is 1. The van der Waals surface area contributed by atoms with Crippen LogP contribution < -0.4 is 10.6 Å². The second-order valence-corrected chi connectivity index (χ2v) is 5.91. The molecule has 0 aliphatic heterocycles. The monoisotopic (exact) mass is 315 g/mol. The van der Waals surface area contributed by atoms with E-state index in [1.54, 1.807) is 6.20 Å². The minimum atomic E-state index is -0.254. The Morgan fingerprint density at radius 3 is 2.96 bits per heavy atom. The Bertz CT molecular complexity index is 679. The van der Waals surface area contributed by atoms with Gasteiger partial charge in [-0.25, -0.2) is 9.78 Å². The van der Waals surface area contributed by atoms with Gasteiger partial charge in [0.05, 0.1) is 6.20 Å². The maximum atomic E-state index is 12.1. The first-order chi connectivity index (χ1) is 11.2. The molecule has 1 aromatic carbocycles. The van der Waals surface area contributed by atoms with Gasteiger partial charge < -0.3 is 20.2 Å². The summed E-state index contributed by atoms with van der Waals surface area (Å²) < 4.78 is 5.50. The number of aryl methyl sites for hydroxylation is 1. The molecule has 23 heavy (non-hydrogen) atoms. The van der Waals surface area contributed by atoms with E-state index >= 15 is 0 Å². The lowest BCUT2D eigenvalue weighted by atomic mass is 10.1. The standard InChI is InChI=1S/C17H21N3O3/c1-11-10-18-16(23-11)13-3-2-4-14(9-13)19-17(22)20-15(7-8-21)12-5-6-12/h2-4,9-10,12,15,21H,5-8H2,1H3,(H2,19,20,22)/t15-/m0/s1. The van der Waals surface area contributed by atoms with E-state index < -0.39 is 0 Å². The van der Waals surface area contributed by atoms with Gasteiger partial charge in [-0.05, 0) is 50.3 Å². The van der Waals surface area contributed by atoms with Gasteiger partial charge in [0, 0.05) is 23.9 Å². The summed E-state index contributed by atoms with van der Waals surface area (Å²) in [5, 5.41) is 14.9. The predicted molar refractivity (Wildman–Crippen MR) is 87.0 cm³/mol. The van der Waals surface area contributed by atoms with Crippen LogP contribution in [0.25, 0.3) is 11.5 Å². The second kappa shape index (κ2) is 6.83. The average molecular weight is 315 g/mol. The summed E-state index contributed by atoms with van der Waals surface area (Å²) in [6.45, 7) is 1.92. The van der Waals surface area contributed by atoms with Crippen molar-refractivity contribution < 1.29 is 14.3 Å². The number of aromatic nitrogens is 1. The zero-order chi connectivity index (χ0) is 16.2. The maximum absolute atomic E-state index is 12.1. The number of anilines is 1. The molecule has 1 aliphatic rings. The van der Waals surface area contributed by atoms with Crippen molar-refractivity contribution >= 4 is 11.7 Å². The van der Waals surface area contributed by atoms with E-state index in [4.69, 9.17) is 9.52 Å². The SMILES string of the molecule is Cc1cnc(-c2cccc(NC(=O)N[C@@H](CCO)C3CC3)c2)o1. The molecule has 6 nitrogen and oxygen atoms in total. The number of carbonyl (C=O) groups is 1. The summed E-state index contributed by atoms with van der Waals surface area (Å²) in [5.41, 5.74) is 1.49. The molecule has 0 spiro atoms. The third-order valence-corrected chi connectivity index (χ3v) is 3.94. The molecule has 122 valence electrons. The Balaban J connectivity index is 1.64. The van der Waals surface area contributed by atoms with Crippen LogP contribution in [0.5, 0.6) is 0 Å². The molecular formula is C17H21N3O3. The highest BCUT2D eigenvalue weighted by Gasteiger charge is 2.31. The number of oxazole rings is 1. The number of rotatable bonds is 6. The maximum Gasteiger partial charge on any atom is 0.319 e. The average Bonchev–Trinajstić information content (AvgIpc) is 3.28. The van der Waals surface area contributed by atoms with Crippen molar-refractivity contribution in [1.29, 1.82) is 0 Å². The Morgan fingerprint density at radius 1 is 1.48 bits per heavy atom. The minimum absolute atomic E-state index is 0.0394. The third-order valence-electron chi connectivity index (χ3n) is 3.94. The lowest BCUT2D eigenvalue weighted by molar-refractivity contribution is 0.234. The molecule has 1 atom stereocenters. The van der Waals surface area contributed by atoms with E-state index in [1.165, 1.54) is 0 Å². The summed E-state index contributed by atoms with van der Waals surface area (Å²) >= 11 is 0. The normalized spacial score (nSPS) is 15.2. The molecular weight excluding hydrogens is 294 g/mol. The summed E-state index contributed by atoms with van der Waals surface area (Å²) in [7, 11) is 0. The van der Waals surface area contributed by atoms with Gasteiger partial charge >= 0.3 is 6.03 Å². The van der Waals surface area contributed by atoms with Crippen LogP contribution in [0.15, 0.2) is 34.9 Å². The van der Waals surface area contributed by atoms with Gasteiger partial charge in [-0.15, -0.1) is 0 Å². The van der Waals surface area contributed by atoms with Crippen molar-refractivity contribution in [1.82, 2.24) is 10.3 Å². The molecule has 0 unspecified atom stereocenters. The van der Waals surface area contributed by atoms with Crippen LogP contribution in [0.3, 0.4) is 0 Å². The highest BCUT2D eigenvalue weighted by molar-refractivity contribution is 5.90. The van der Waals surface area contributed by atoms with Crippen molar-refractivity contribution in [2.45, 2.75) is 32.2 Å². The fraction of sp³-hybridized carbons (Fsp3) is 0.412. The second-order valence-electron chi connectivity index (χ2n) is 5.91. The van der Waals surface area contributed by atoms with Crippen LogP contribution >= 0.6 is 0 Å². The lowest BCUT2D eigenvalue weighted by Gasteiger charge is -2.17. The number of nitrogens with one attached hydrogen (secondary N) is 2. The van der Waals surface area contributed by atoms with Crippen molar-refractivity contribution in [2.75, 3.05) is 11.9 Å². The molecule has 1 heterocycles. The van der Waals surface area contributed by atoms with E-state index in [-0.39, 0.29) is 18.7 Å². The fourth-order valence-corrected chi connectivity index (χ4v) is 2.62. The van der Waals surface area contributed by atoms with Crippen LogP contribution in [0, 0.1) is 12.8 Å². The van der Waals surface area contributed by atoms with E-state index in [2.05, 4.69) is 15.6 Å². The topological polar surface area (TPSA) is 87.4 Å². The molecule has 1 saturated carbocycles. The molecule has 6 heteroatoms. The molecule has 2 aromatic rings. The Hall–Kier alpha value is -2.34. The molecule has 1 aromatic heterocycles. The number of aliphatic hydroxyl groups is 1. The molecule has 3 N–H and O–H groups in total. The Labute approximate surface area is 134 Å². The van der Waals surface area contributed by atoms with Crippen LogP contribution in [0.2, 0.25) is 0 Å². The van der Waals surface area contributed by atoms with Crippen molar-refractivity contribution in [2.24, 2.45) is 5.92 Å². The number of aliphatic hydroxyl groups excluding tert-OH is 1. The lowest BCUT2D eigenvalue weighted by Crippen LogP contribution is -2.39. The molecule has 2 amide bonds. The molecule has 0 radical (unpaired) electrons. The van der Waals surface area contributed by atoms with Crippen LogP contribution in [-0.4, -0.2) is 28.8 Å². The van der Waals surface area contributed by atoms with Crippen LogP contribution in [-0.2, 0) is 0 Å². The molecule has 0 saturated heterocycles. The van der Waals surface area contributed by atoms with Gasteiger partial charge in [-0.1, -0.05) is 6.07 Å². The minimum Gasteiger partial charge on any atom is -0.441 e. The number of amides is 2. The van der Waals surface area contributed by atoms with Crippen LogP contribution in [0.1, 0.15) is 25.0 Å². The number of benzene rings is 1. The number of hydrogen-bond acceptors (Lipinski definition) is 4. The first kappa shape index (κ1) is 15.6. The van der Waals surface area contributed by atoms with Gasteiger partial charge in [-0.2, -0.15) is 0 Å². The van der Waals surface area contributed by atoms with E-state index in [0.29, 0.717) is 23.9 Å². The summed E-state index contributed by atoms with van der Waals surface area (Å²) in [6, 6.07) is 7.15. The first-order valence-electron chi connectivity index (χ1n) is 7.87. The number of nitrogens with zero attached hydrogens (tertiary/aromatic N) is 1. The van der Waals surface area contributed by atoms with Crippen LogP contribution in [0.4, 0.5) is 10.5 Å². The van der Waals surface area contributed by atoms with Gasteiger partial charge in [0.15, 0.2) is 0 Å². The zero-order valence-electron chi connectivity index (χ0n) is 13.1. The number of hydrogen-bond donors (Lipinski definition) is 3. The largest absolute Gasteiger partial charge is 0.441 e. The van der Waals surface area contributed by atoms with Crippen molar-refractivity contribution in [3.05, 3.63) is 36.2 Å². The zero-order valence-corrected chi connectivity index (χ0v) is 13.1. The fourth-order valence-electron chi connectivity index (χ4n) is 2.62. The summed E-state index contributed by atoms with van der Waals surface area (Å²) in [5.74, 6) is 1.77. The summed E-state index contributed by atoms with van der Waals surface area (Å²) in [4.78, 5) is 16.3. The smallest absolute Gasteiger partial charge is 0.319 e. The van der Waals surface area contributed by atoms with Gasteiger partial charge in [0.25, 0.3) is 0 Å². The molecule has 0 bridgehead atoms. The first-order valence-corrected chi connectivity index (χ1v) is 7.87.